The Balaban J connectivity index is 2.33. The molecular weight excluding hydrogens is 184 g/mol. The molecule has 0 fully saturated rings. The summed E-state index contributed by atoms with van der Waals surface area (Å²) in [4.78, 5) is 4.56. The topological polar surface area (TPSA) is 17.3 Å². The van der Waals surface area contributed by atoms with Crippen LogP contribution in [-0.4, -0.2) is 10.3 Å². The van der Waals surface area contributed by atoms with E-state index in [-0.39, 0.29) is 0 Å². The summed E-state index contributed by atoms with van der Waals surface area (Å²) < 4.78 is 2.07. The molecule has 0 saturated heterocycles. The monoisotopic (exact) mass is 198 g/mol. The van der Waals surface area contributed by atoms with Crippen molar-refractivity contribution in [3.05, 3.63) is 54.4 Å². The van der Waals surface area contributed by atoms with Gasteiger partial charge in [0.05, 0.1) is 17.1 Å². The van der Waals surface area contributed by atoms with Gasteiger partial charge >= 0.3 is 0 Å². The molecule has 2 heteroatoms. The van der Waals surface area contributed by atoms with E-state index in [1.165, 1.54) is 0 Å². The van der Waals surface area contributed by atoms with E-state index in [9.17, 15) is 0 Å². The maximum absolute atomic E-state index is 4.56. The van der Waals surface area contributed by atoms with E-state index in [1.54, 1.807) is 0 Å². The first-order valence-corrected chi connectivity index (χ1v) is 4.99. The predicted octanol–water partition coefficient (Wildman–Crippen LogP) is 3.17. The molecule has 0 aliphatic heterocycles. The van der Waals surface area contributed by atoms with E-state index in [4.69, 9.17) is 0 Å². The highest BCUT2D eigenvalue weighted by atomic mass is 14.9. The molecule has 0 spiro atoms. The average molecular weight is 198 g/mol. The third-order valence-corrected chi connectivity index (χ3v) is 2.37. The highest BCUT2D eigenvalue weighted by Crippen LogP contribution is 2.12. The van der Waals surface area contributed by atoms with Gasteiger partial charge in [-0.15, -0.1) is 0 Å². The first-order valence-electron chi connectivity index (χ1n) is 4.99. The van der Waals surface area contributed by atoms with Gasteiger partial charge in [-0.25, -0.2) is 0 Å². The van der Waals surface area contributed by atoms with Gasteiger partial charge in [0.25, 0.3) is 0 Å². The van der Waals surface area contributed by atoms with Gasteiger partial charge in [-0.05, 0) is 31.2 Å². The summed E-state index contributed by atoms with van der Waals surface area (Å²) >= 11 is 0. The van der Waals surface area contributed by atoms with Gasteiger partial charge in [-0.2, -0.15) is 0 Å². The summed E-state index contributed by atoms with van der Waals surface area (Å²) in [5.41, 5.74) is 3.18. The zero-order valence-electron chi connectivity index (χ0n) is 9.01. The second-order valence-electron chi connectivity index (χ2n) is 3.54. The van der Waals surface area contributed by atoms with Gasteiger partial charge in [0.2, 0.25) is 0 Å². The maximum atomic E-state index is 4.56. The van der Waals surface area contributed by atoms with E-state index < -0.39 is 0 Å². The Morgan fingerprint density at radius 1 is 1.07 bits per heavy atom. The van der Waals surface area contributed by atoms with Crippen LogP contribution in [0.15, 0.2) is 53.7 Å². The minimum atomic E-state index is 0.996. The SMILES string of the molecule is CC(=Nc1ccccc1)c1cccn1C. The van der Waals surface area contributed by atoms with Crippen LogP contribution in [0.1, 0.15) is 12.6 Å². The van der Waals surface area contributed by atoms with Crippen molar-refractivity contribution >= 4 is 11.4 Å². The van der Waals surface area contributed by atoms with E-state index >= 15 is 0 Å². The molecule has 2 aromatic rings. The summed E-state index contributed by atoms with van der Waals surface area (Å²) in [6.07, 6.45) is 2.03. The minimum Gasteiger partial charge on any atom is -0.350 e. The number of benzene rings is 1. The van der Waals surface area contributed by atoms with Crippen molar-refractivity contribution in [2.45, 2.75) is 6.92 Å². The van der Waals surface area contributed by atoms with Crippen LogP contribution in [0.2, 0.25) is 0 Å². The van der Waals surface area contributed by atoms with Crippen LogP contribution >= 0.6 is 0 Å². The predicted molar refractivity (Wildman–Crippen MR) is 63.7 cm³/mol. The molecule has 15 heavy (non-hydrogen) atoms. The molecule has 0 N–H and O–H groups in total. The molecule has 0 unspecified atom stereocenters. The van der Waals surface area contributed by atoms with Gasteiger partial charge in [0.15, 0.2) is 0 Å². The number of nitrogens with zero attached hydrogens (tertiary/aromatic N) is 2. The van der Waals surface area contributed by atoms with Crippen LogP contribution in [0, 0.1) is 0 Å². The van der Waals surface area contributed by atoms with Crippen molar-refractivity contribution < 1.29 is 0 Å². The Hall–Kier alpha value is -1.83. The summed E-state index contributed by atoms with van der Waals surface area (Å²) in [7, 11) is 2.03. The van der Waals surface area contributed by atoms with Crippen LogP contribution < -0.4 is 0 Å². The van der Waals surface area contributed by atoms with Crippen LogP contribution in [0.25, 0.3) is 0 Å². The molecule has 0 atom stereocenters. The molecule has 0 aliphatic rings. The molecule has 1 aromatic heterocycles. The van der Waals surface area contributed by atoms with Crippen molar-refractivity contribution in [1.82, 2.24) is 4.57 Å². The lowest BCUT2D eigenvalue weighted by atomic mass is 10.3. The number of aromatic nitrogens is 1. The lowest BCUT2D eigenvalue weighted by Crippen LogP contribution is -2.01. The van der Waals surface area contributed by atoms with Crippen LogP contribution in [0.3, 0.4) is 0 Å². The smallest absolute Gasteiger partial charge is 0.0633 e. The lowest BCUT2D eigenvalue weighted by Gasteiger charge is -2.02. The van der Waals surface area contributed by atoms with E-state index in [0.29, 0.717) is 0 Å². The Labute approximate surface area is 89.9 Å². The molecule has 1 heterocycles. The van der Waals surface area contributed by atoms with Gasteiger partial charge in [0, 0.05) is 13.2 Å². The standard InChI is InChI=1S/C13H14N2/c1-11(13-9-6-10-15(13)2)14-12-7-4-3-5-8-12/h3-10H,1-2H3. The fourth-order valence-electron chi connectivity index (χ4n) is 1.59. The van der Waals surface area contributed by atoms with E-state index in [1.807, 2.05) is 56.6 Å². The Morgan fingerprint density at radius 2 is 1.80 bits per heavy atom. The number of rotatable bonds is 2. The number of aliphatic imine (C=N–C) groups is 1. The Kier molecular flexibility index (Phi) is 2.68. The zero-order valence-corrected chi connectivity index (χ0v) is 9.01. The summed E-state index contributed by atoms with van der Waals surface area (Å²) in [6, 6.07) is 14.1. The lowest BCUT2D eigenvalue weighted by molar-refractivity contribution is 0.913. The first-order chi connectivity index (χ1) is 7.27. The van der Waals surface area contributed by atoms with Gasteiger partial charge in [0.1, 0.15) is 0 Å². The maximum Gasteiger partial charge on any atom is 0.0633 e. The summed E-state index contributed by atoms with van der Waals surface area (Å²) in [6.45, 7) is 2.03. The normalized spacial score (nSPS) is 11.7. The number of hydrogen-bond acceptors (Lipinski definition) is 1. The molecular formula is C13H14N2. The number of hydrogen-bond donors (Lipinski definition) is 0. The molecule has 76 valence electrons. The minimum absolute atomic E-state index is 0.996. The van der Waals surface area contributed by atoms with E-state index in [2.05, 4.69) is 15.6 Å². The van der Waals surface area contributed by atoms with Crippen LogP contribution in [0.5, 0.6) is 0 Å². The molecule has 0 saturated carbocycles. The average Bonchev–Trinajstić information content (AvgIpc) is 2.66. The summed E-state index contributed by atoms with van der Waals surface area (Å²) in [5, 5.41) is 0. The van der Waals surface area contributed by atoms with Crippen molar-refractivity contribution in [1.29, 1.82) is 0 Å². The number of para-hydroxylation sites is 1. The zero-order chi connectivity index (χ0) is 10.7. The third-order valence-electron chi connectivity index (χ3n) is 2.37. The molecule has 1 aromatic carbocycles. The second kappa shape index (κ2) is 4.13. The highest BCUT2D eigenvalue weighted by molar-refractivity contribution is 5.98. The van der Waals surface area contributed by atoms with Crippen LogP contribution in [-0.2, 0) is 7.05 Å². The Bertz CT molecular complexity index is 466. The third kappa shape index (κ3) is 2.15. The van der Waals surface area contributed by atoms with Crippen molar-refractivity contribution in [3.8, 4) is 0 Å². The molecule has 0 bridgehead atoms. The molecule has 2 rings (SSSR count). The van der Waals surface area contributed by atoms with E-state index in [0.717, 1.165) is 17.1 Å². The van der Waals surface area contributed by atoms with Gasteiger partial charge < -0.3 is 4.57 Å². The first kappa shape index (κ1) is 9.71. The molecule has 0 radical (unpaired) electrons. The fourth-order valence-corrected chi connectivity index (χ4v) is 1.59. The Morgan fingerprint density at radius 3 is 2.40 bits per heavy atom. The van der Waals surface area contributed by atoms with Crippen molar-refractivity contribution in [2.75, 3.05) is 0 Å². The molecule has 0 aliphatic carbocycles. The quantitative estimate of drug-likeness (QED) is 0.659. The summed E-state index contributed by atoms with van der Waals surface area (Å²) in [5.74, 6) is 0. The van der Waals surface area contributed by atoms with Gasteiger partial charge in [-0.3, -0.25) is 4.99 Å². The largest absolute Gasteiger partial charge is 0.350 e. The van der Waals surface area contributed by atoms with Crippen molar-refractivity contribution in [3.63, 3.8) is 0 Å². The molecule has 0 amide bonds. The number of aryl methyl sites for hydroxylation is 1. The second-order valence-corrected chi connectivity index (χ2v) is 3.54. The fraction of sp³-hybridized carbons (Fsp3) is 0.154. The molecule has 2 nitrogen and oxygen atoms in total. The van der Waals surface area contributed by atoms with Crippen molar-refractivity contribution in [2.24, 2.45) is 12.0 Å². The highest BCUT2D eigenvalue weighted by Gasteiger charge is 2.00. The van der Waals surface area contributed by atoms with Gasteiger partial charge in [-0.1, -0.05) is 18.2 Å². The van der Waals surface area contributed by atoms with Crippen LogP contribution in [0.4, 0.5) is 5.69 Å².